The Hall–Kier alpha value is -1.60. The van der Waals surface area contributed by atoms with Crippen LogP contribution in [0.3, 0.4) is 0 Å². The van der Waals surface area contributed by atoms with Crippen LogP contribution in [0.25, 0.3) is 0 Å². The molecule has 3 rings (SSSR count). The van der Waals surface area contributed by atoms with Crippen LogP contribution in [0, 0.1) is 11.3 Å². The van der Waals surface area contributed by atoms with E-state index >= 15 is 0 Å². The minimum absolute atomic E-state index is 0.00728. The lowest BCUT2D eigenvalue weighted by Crippen LogP contribution is -2.39. The highest BCUT2D eigenvalue weighted by molar-refractivity contribution is 7.89. The second kappa shape index (κ2) is 7.80. The summed E-state index contributed by atoms with van der Waals surface area (Å²) in [6.07, 6.45) is 4.63. The second-order valence-corrected chi connectivity index (χ2v) is 9.99. The van der Waals surface area contributed by atoms with Crippen LogP contribution in [-0.2, 0) is 14.8 Å². The van der Waals surface area contributed by atoms with Crippen LogP contribution < -0.4 is 9.62 Å². The van der Waals surface area contributed by atoms with Gasteiger partial charge >= 0.3 is 6.09 Å². The number of anilines is 1. The molecule has 7 heteroatoms. The van der Waals surface area contributed by atoms with Crippen LogP contribution in [0.2, 0.25) is 0 Å². The summed E-state index contributed by atoms with van der Waals surface area (Å²) in [5.74, 6) is 0.655. The van der Waals surface area contributed by atoms with Crippen molar-refractivity contribution in [3.05, 3.63) is 24.3 Å². The molecule has 1 aliphatic carbocycles. The molecule has 0 unspecified atom stereocenters. The van der Waals surface area contributed by atoms with Gasteiger partial charge in [-0.2, -0.15) is 0 Å². The molecule has 0 radical (unpaired) electrons. The largest absolute Gasteiger partial charge is 0.447 e. The van der Waals surface area contributed by atoms with Crippen molar-refractivity contribution in [2.24, 2.45) is 11.3 Å². The van der Waals surface area contributed by atoms with Crippen molar-refractivity contribution < 1.29 is 17.9 Å². The molecule has 0 atom stereocenters. The molecule has 0 aromatic heterocycles. The van der Waals surface area contributed by atoms with Crippen molar-refractivity contribution in [1.82, 2.24) is 4.72 Å². The minimum Gasteiger partial charge on any atom is -0.447 e. The van der Waals surface area contributed by atoms with E-state index in [-0.39, 0.29) is 10.9 Å². The standard InChI is InChI=1S/C20H30N2O4S/c1-4-20(2,3)15-5-7-16(8-6-15)21-27(24,25)18-11-9-17(10-12-18)22-13-14-26-19(22)23/h9-12,15-16,21H,4-8,13-14H2,1-3H3. The van der Waals surface area contributed by atoms with E-state index in [1.165, 1.54) is 4.90 Å². The Labute approximate surface area is 162 Å². The third-order valence-electron chi connectivity index (χ3n) is 6.28. The van der Waals surface area contributed by atoms with Crippen molar-refractivity contribution in [2.45, 2.75) is 63.8 Å². The number of nitrogens with zero attached hydrogens (tertiary/aromatic N) is 1. The lowest BCUT2D eigenvalue weighted by Gasteiger charge is -2.39. The van der Waals surface area contributed by atoms with Gasteiger partial charge in [0.25, 0.3) is 0 Å². The highest BCUT2D eigenvalue weighted by atomic mass is 32.2. The Bertz CT molecular complexity index is 766. The Morgan fingerprint density at radius 1 is 1.15 bits per heavy atom. The number of carbonyl (C=O) groups is 1. The van der Waals surface area contributed by atoms with E-state index in [0.29, 0.717) is 30.2 Å². The van der Waals surface area contributed by atoms with E-state index in [1.807, 2.05) is 0 Å². The predicted octanol–water partition coefficient (Wildman–Crippen LogP) is 3.92. The fourth-order valence-electron chi connectivity index (χ4n) is 4.00. The Morgan fingerprint density at radius 3 is 2.30 bits per heavy atom. The van der Waals surface area contributed by atoms with Gasteiger partial charge in [0.1, 0.15) is 6.61 Å². The zero-order chi connectivity index (χ0) is 19.7. The van der Waals surface area contributed by atoms with Gasteiger partial charge in [-0.15, -0.1) is 0 Å². The quantitative estimate of drug-likeness (QED) is 0.793. The molecule has 1 amide bonds. The maximum absolute atomic E-state index is 12.7. The van der Waals surface area contributed by atoms with Crippen molar-refractivity contribution in [3.63, 3.8) is 0 Å². The number of rotatable bonds is 6. The van der Waals surface area contributed by atoms with Gasteiger partial charge in [0.2, 0.25) is 10.0 Å². The highest BCUT2D eigenvalue weighted by Gasteiger charge is 2.33. The van der Waals surface area contributed by atoms with Gasteiger partial charge in [0.15, 0.2) is 0 Å². The SMILES string of the molecule is CCC(C)(C)C1CCC(NS(=O)(=O)c2ccc(N3CCOC3=O)cc2)CC1. The number of cyclic esters (lactones) is 1. The minimum atomic E-state index is -3.56. The van der Waals surface area contributed by atoms with Gasteiger partial charge in [0, 0.05) is 11.7 Å². The molecule has 1 aliphatic heterocycles. The smallest absolute Gasteiger partial charge is 0.414 e. The zero-order valence-corrected chi connectivity index (χ0v) is 17.2. The fourth-order valence-corrected chi connectivity index (χ4v) is 5.31. The monoisotopic (exact) mass is 394 g/mol. The molecule has 2 aliphatic rings. The number of hydrogen-bond donors (Lipinski definition) is 1. The van der Waals surface area contributed by atoms with E-state index in [0.717, 1.165) is 32.1 Å². The molecule has 1 saturated heterocycles. The summed E-state index contributed by atoms with van der Waals surface area (Å²) in [6.45, 7) is 7.68. The molecular weight excluding hydrogens is 364 g/mol. The van der Waals surface area contributed by atoms with Crippen molar-refractivity contribution in [3.8, 4) is 0 Å². The molecule has 1 saturated carbocycles. The van der Waals surface area contributed by atoms with E-state index < -0.39 is 16.1 Å². The average Bonchev–Trinajstić information content (AvgIpc) is 3.08. The summed E-state index contributed by atoms with van der Waals surface area (Å²) >= 11 is 0. The summed E-state index contributed by atoms with van der Waals surface area (Å²) in [5.41, 5.74) is 0.967. The number of sulfonamides is 1. The van der Waals surface area contributed by atoms with Crippen LogP contribution in [-0.4, -0.2) is 33.7 Å². The molecule has 1 N–H and O–H groups in total. The van der Waals surface area contributed by atoms with E-state index in [1.54, 1.807) is 24.3 Å². The predicted molar refractivity (Wildman–Crippen MR) is 105 cm³/mol. The lowest BCUT2D eigenvalue weighted by molar-refractivity contribution is 0.142. The first-order valence-electron chi connectivity index (χ1n) is 9.79. The van der Waals surface area contributed by atoms with E-state index in [2.05, 4.69) is 25.5 Å². The molecule has 2 fully saturated rings. The summed E-state index contributed by atoms with van der Waals surface area (Å²) < 4.78 is 33.2. The Morgan fingerprint density at radius 2 is 1.78 bits per heavy atom. The van der Waals surface area contributed by atoms with Crippen molar-refractivity contribution in [2.75, 3.05) is 18.1 Å². The molecule has 1 aromatic rings. The second-order valence-electron chi connectivity index (χ2n) is 8.27. The van der Waals surface area contributed by atoms with Crippen LogP contribution in [0.4, 0.5) is 10.5 Å². The molecule has 1 aromatic carbocycles. The lowest BCUT2D eigenvalue weighted by atomic mass is 9.69. The van der Waals surface area contributed by atoms with Gasteiger partial charge in [-0.25, -0.2) is 17.9 Å². The first-order chi connectivity index (χ1) is 12.7. The first kappa shape index (κ1) is 20.1. The number of nitrogens with one attached hydrogen (secondary N) is 1. The zero-order valence-electron chi connectivity index (χ0n) is 16.4. The number of ether oxygens (including phenoxy) is 1. The number of hydrogen-bond acceptors (Lipinski definition) is 4. The topological polar surface area (TPSA) is 75.7 Å². The number of carbonyl (C=O) groups excluding carboxylic acids is 1. The maximum Gasteiger partial charge on any atom is 0.414 e. The normalized spacial score (nSPS) is 24.1. The van der Waals surface area contributed by atoms with Crippen LogP contribution in [0.1, 0.15) is 52.9 Å². The third-order valence-corrected chi connectivity index (χ3v) is 7.82. The third kappa shape index (κ3) is 4.46. The molecule has 1 heterocycles. The van der Waals surface area contributed by atoms with Crippen molar-refractivity contribution >= 4 is 21.8 Å². The maximum atomic E-state index is 12.7. The van der Waals surface area contributed by atoms with Gasteiger partial charge in [0.05, 0.1) is 11.4 Å². The average molecular weight is 395 g/mol. The Kier molecular flexibility index (Phi) is 5.82. The summed E-state index contributed by atoms with van der Waals surface area (Å²) in [6, 6.07) is 6.40. The Balaban J connectivity index is 1.61. The van der Waals surface area contributed by atoms with E-state index in [4.69, 9.17) is 4.74 Å². The van der Waals surface area contributed by atoms with Crippen LogP contribution in [0.5, 0.6) is 0 Å². The summed E-state index contributed by atoms with van der Waals surface area (Å²) in [7, 11) is -3.56. The van der Waals surface area contributed by atoms with Gasteiger partial charge in [-0.3, -0.25) is 4.90 Å². The van der Waals surface area contributed by atoms with Crippen LogP contribution >= 0.6 is 0 Å². The first-order valence-corrected chi connectivity index (χ1v) is 11.3. The van der Waals surface area contributed by atoms with Crippen LogP contribution in [0.15, 0.2) is 29.2 Å². The summed E-state index contributed by atoms with van der Waals surface area (Å²) in [5, 5.41) is 0. The molecule has 0 spiro atoms. The fraction of sp³-hybridized carbons (Fsp3) is 0.650. The van der Waals surface area contributed by atoms with Gasteiger partial charge < -0.3 is 4.74 Å². The highest BCUT2D eigenvalue weighted by Crippen LogP contribution is 2.40. The van der Waals surface area contributed by atoms with E-state index in [9.17, 15) is 13.2 Å². The number of amides is 1. The molecule has 6 nitrogen and oxygen atoms in total. The van der Waals surface area contributed by atoms with Crippen molar-refractivity contribution in [1.29, 1.82) is 0 Å². The molecular formula is C20H30N2O4S. The number of benzene rings is 1. The summed E-state index contributed by atoms with van der Waals surface area (Å²) in [4.78, 5) is 13.3. The molecule has 0 bridgehead atoms. The van der Waals surface area contributed by atoms with Gasteiger partial charge in [-0.05, 0) is 61.3 Å². The molecule has 27 heavy (non-hydrogen) atoms. The molecule has 150 valence electrons. The van der Waals surface area contributed by atoms with Gasteiger partial charge in [-0.1, -0.05) is 27.2 Å².